The van der Waals surface area contributed by atoms with Gasteiger partial charge in [0.15, 0.2) is 5.96 Å². The fourth-order valence-corrected chi connectivity index (χ4v) is 3.48. The quantitative estimate of drug-likeness (QED) is 0.644. The predicted molar refractivity (Wildman–Crippen MR) is 101 cm³/mol. The minimum atomic E-state index is 0.701. The zero-order valence-electron chi connectivity index (χ0n) is 14.3. The third-order valence-corrected chi connectivity index (χ3v) is 5.10. The van der Waals surface area contributed by atoms with Gasteiger partial charge in [0.05, 0.1) is 12.2 Å². The van der Waals surface area contributed by atoms with Gasteiger partial charge in [0.1, 0.15) is 5.82 Å². The molecule has 2 heterocycles. The lowest BCUT2D eigenvalue weighted by Crippen LogP contribution is -2.38. The van der Waals surface area contributed by atoms with Crippen molar-refractivity contribution in [1.29, 1.82) is 0 Å². The Hall–Kier alpha value is -1.82. The van der Waals surface area contributed by atoms with Crippen molar-refractivity contribution in [1.82, 2.24) is 19.8 Å². The van der Waals surface area contributed by atoms with Crippen LogP contribution in [0.2, 0.25) is 0 Å². The SMILES string of the molecule is CN=C(NCc1cn2c(n1)CCCC2)N(C)Cc1ccccc1Br. The lowest BCUT2D eigenvalue weighted by atomic mass is 10.2. The van der Waals surface area contributed by atoms with E-state index in [1.165, 1.54) is 24.2 Å². The smallest absolute Gasteiger partial charge is 0.194 e. The Morgan fingerprint density at radius 2 is 2.21 bits per heavy atom. The molecule has 6 heteroatoms. The average molecular weight is 390 g/mol. The van der Waals surface area contributed by atoms with Crippen molar-refractivity contribution in [3.05, 3.63) is 52.0 Å². The van der Waals surface area contributed by atoms with Crippen LogP contribution >= 0.6 is 15.9 Å². The molecule has 0 saturated carbocycles. The van der Waals surface area contributed by atoms with Crippen molar-refractivity contribution in [3.63, 3.8) is 0 Å². The number of nitrogens with one attached hydrogen (secondary N) is 1. The van der Waals surface area contributed by atoms with E-state index in [-0.39, 0.29) is 0 Å². The molecule has 24 heavy (non-hydrogen) atoms. The van der Waals surface area contributed by atoms with Crippen LogP contribution in [0.3, 0.4) is 0 Å². The van der Waals surface area contributed by atoms with E-state index in [4.69, 9.17) is 4.98 Å². The summed E-state index contributed by atoms with van der Waals surface area (Å²) in [5.74, 6) is 2.09. The van der Waals surface area contributed by atoms with E-state index in [1.54, 1.807) is 0 Å². The fourth-order valence-electron chi connectivity index (χ4n) is 3.07. The zero-order chi connectivity index (χ0) is 16.9. The highest BCUT2D eigenvalue weighted by molar-refractivity contribution is 9.10. The summed E-state index contributed by atoms with van der Waals surface area (Å²) in [6.45, 7) is 2.59. The Kier molecular flexibility index (Phi) is 5.56. The monoisotopic (exact) mass is 389 g/mol. The summed E-state index contributed by atoms with van der Waals surface area (Å²) in [6, 6.07) is 8.27. The number of guanidine groups is 1. The van der Waals surface area contributed by atoms with Crippen LogP contribution in [0.25, 0.3) is 0 Å². The van der Waals surface area contributed by atoms with Gasteiger partial charge in [0, 0.05) is 44.3 Å². The molecule has 0 bridgehead atoms. The largest absolute Gasteiger partial charge is 0.351 e. The molecule has 2 aromatic rings. The first-order valence-corrected chi connectivity index (χ1v) is 9.17. The molecular weight excluding hydrogens is 366 g/mol. The Morgan fingerprint density at radius 1 is 1.38 bits per heavy atom. The number of aliphatic imine (C=N–C) groups is 1. The molecular formula is C18H24BrN5. The minimum absolute atomic E-state index is 0.701. The van der Waals surface area contributed by atoms with Crippen molar-refractivity contribution in [2.75, 3.05) is 14.1 Å². The van der Waals surface area contributed by atoms with Gasteiger partial charge in [-0.2, -0.15) is 0 Å². The number of fused-ring (bicyclic) bond motifs is 1. The third-order valence-electron chi connectivity index (χ3n) is 4.32. The molecule has 0 fully saturated rings. The summed E-state index contributed by atoms with van der Waals surface area (Å²) >= 11 is 3.60. The molecule has 0 spiro atoms. The number of benzene rings is 1. The standard InChI is InChI=1S/C18H24BrN5/c1-20-18(23(2)12-14-7-3-4-8-16(14)19)21-11-15-13-24-10-6-5-9-17(24)22-15/h3-4,7-8,13H,5-6,9-12H2,1-2H3,(H,20,21). The van der Waals surface area contributed by atoms with E-state index in [2.05, 4.69) is 60.1 Å². The molecule has 0 atom stereocenters. The highest BCUT2D eigenvalue weighted by Crippen LogP contribution is 2.17. The summed E-state index contributed by atoms with van der Waals surface area (Å²) in [5, 5.41) is 3.42. The first kappa shape index (κ1) is 17.0. The number of rotatable bonds is 4. The Labute approximate surface area is 151 Å². The van der Waals surface area contributed by atoms with E-state index in [0.717, 1.165) is 35.6 Å². The Bertz CT molecular complexity index is 698. The lowest BCUT2D eigenvalue weighted by molar-refractivity contribution is 0.475. The van der Waals surface area contributed by atoms with Crippen LogP contribution in [0, 0.1) is 0 Å². The first-order valence-electron chi connectivity index (χ1n) is 8.37. The maximum atomic E-state index is 4.73. The van der Waals surface area contributed by atoms with Gasteiger partial charge in [-0.05, 0) is 24.5 Å². The Balaban J connectivity index is 1.60. The number of imidazole rings is 1. The van der Waals surface area contributed by atoms with Crippen LogP contribution in [0.4, 0.5) is 0 Å². The van der Waals surface area contributed by atoms with Gasteiger partial charge in [0.25, 0.3) is 0 Å². The summed E-state index contributed by atoms with van der Waals surface area (Å²) in [7, 11) is 3.87. The second-order valence-corrected chi connectivity index (χ2v) is 7.00. The molecule has 1 aromatic carbocycles. The topological polar surface area (TPSA) is 45.5 Å². The lowest BCUT2D eigenvalue weighted by Gasteiger charge is -2.22. The summed E-state index contributed by atoms with van der Waals surface area (Å²) in [4.78, 5) is 11.2. The summed E-state index contributed by atoms with van der Waals surface area (Å²) in [5.41, 5.74) is 2.32. The van der Waals surface area contributed by atoms with Crippen molar-refractivity contribution in [2.24, 2.45) is 4.99 Å². The summed E-state index contributed by atoms with van der Waals surface area (Å²) < 4.78 is 3.41. The molecule has 128 valence electrons. The molecule has 0 saturated heterocycles. The number of halogens is 1. The number of hydrogen-bond acceptors (Lipinski definition) is 2. The van der Waals surface area contributed by atoms with Crippen LogP contribution < -0.4 is 5.32 Å². The van der Waals surface area contributed by atoms with E-state index >= 15 is 0 Å². The molecule has 0 unspecified atom stereocenters. The first-order chi connectivity index (χ1) is 11.7. The van der Waals surface area contributed by atoms with Crippen LogP contribution in [0.5, 0.6) is 0 Å². The second kappa shape index (κ2) is 7.83. The fraction of sp³-hybridized carbons (Fsp3) is 0.444. The molecule has 5 nitrogen and oxygen atoms in total. The average Bonchev–Trinajstić information content (AvgIpc) is 3.00. The predicted octanol–water partition coefficient (Wildman–Crippen LogP) is 3.19. The molecule has 0 aliphatic carbocycles. The van der Waals surface area contributed by atoms with Crippen molar-refractivity contribution in [2.45, 2.75) is 38.9 Å². The van der Waals surface area contributed by atoms with Crippen molar-refractivity contribution >= 4 is 21.9 Å². The van der Waals surface area contributed by atoms with Crippen LogP contribution in [0.15, 0.2) is 39.9 Å². The third kappa shape index (κ3) is 3.98. The minimum Gasteiger partial charge on any atom is -0.351 e. The van der Waals surface area contributed by atoms with Gasteiger partial charge in [0.2, 0.25) is 0 Å². The van der Waals surface area contributed by atoms with E-state index in [1.807, 2.05) is 20.2 Å². The van der Waals surface area contributed by atoms with E-state index in [9.17, 15) is 0 Å². The van der Waals surface area contributed by atoms with Gasteiger partial charge >= 0.3 is 0 Å². The van der Waals surface area contributed by atoms with Crippen LogP contribution in [-0.2, 0) is 26.1 Å². The van der Waals surface area contributed by atoms with Crippen LogP contribution in [-0.4, -0.2) is 34.5 Å². The number of aryl methyl sites for hydroxylation is 2. The molecule has 1 aliphatic heterocycles. The van der Waals surface area contributed by atoms with Gasteiger partial charge in [-0.1, -0.05) is 34.1 Å². The number of hydrogen-bond donors (Lipinski definition) is 1. The highest BCUT2D eigenvalue weighted by Gasteiger charge is 2.13. The van der Waals surface area contributed by atoms with Crippen LogP contribution in [0.1, 0.15) is 29.9 Å². The molecule has 0 radical (unpaired) electrons. The number of aromatic nitrogens is 2. The normalized spacial score (nSPS) is 14.4. The molecule has 1 aromatic heterocycles. The summed E-state index contributed by atoms with van der Waals surface area (Å²) in [6.07, 6.45) is 5.77. The van der Waals surface area contributed by atoms with Crippen molar-refractivity contribution in [3.8, 4) is 0 Å². The maximum absolute atomic E-state index is 4.73. The zero-order valence-corrected chi connectivity index (χ0v) is 15.9. The van der Waals surface area contributed by atoms with E-state index in [0.29, 0.717) is 6.54 Å². The highest BCUT2D eigenvalue weighted by atomic mass is 79.9. The molecule has 1 aliphatic rings. The molecule has 1 N–H and O–H groups in total. The maximum Gasteiger partial charge on any atom is 0.194 e. The van der Waals surface area contributed by atoms with Gasteiger partial charge in [-0.3, -0.25) is 4.99 Å². The Morgan fingerprint density at radius 3 is 2.96 bits per heavy atom. The second-order valence-electron chi connectivity index (χ2n) is 6.15. The molecule has 0 amide bonds. The van der Waals surface area contributed by atoms with Crippen molar-refractivity contribution < 1.29 is 0 Å². The van der Waals surface area contributed by atoms with Gasteiger partial charge in [-0.25, -0.2) is 4.98 Å². The number of nitrogens with zero attached hydrogens (tertiary/aromatic N) is 4. The van der Waals surface area contributed by atoms with Gasteiger partial charge < -0.3 is 14.8 Å². The van der Waals surface area contributed by atoms with Gasteiger partial charge in [-0.15, -0.1) is 0 Å². The molecule has 3 rings (SSSR count). The van der Waals surface area contributed by atoms with E-state index < -0.39 is 0 Å².